The molecule has 1 rings (SSSR count). The number of unbranched alkanes of at least 4 members (excludes halogenated alkanes) is 1. The molecular weight excluding hydrogens is 351 g/mol. The van der Waals surface area contributed by atoms with E-state index in [0.717, 1.165) is 5.56 Å². The quantitative estimate of drug-likeness (QED) is 0.666. The molecule has 0 saturated heterocycles. The van der Waals surface area contributed by atoms with Crippen molar-refractivity contribution >= 4 is 11.9 Å². The number of carboxylic acids is 1. The molecule has 1 aromatic carbocycles. The van der Waals surface area contributed by atoms with Gasteiger partial charge in [0.2, 0.25) is 5.91 Å². The molecule has 26 heavy (non-hydrogen) atoms. The first-order valence-corrected chi connectivity index (χ1v) is 8.25. The van der Waals surface area contributed by atoms with Gasteiger partial charge < -0.3 is 14.7 Å². The minimum absolute atomic E-state index is 0.0365. The highest BCUT2D eigenvalue weighted by atomic mass is 19.4. The van der Waals surface area contributed by atoms with E-state index in [9.17, 15) is 22.8 Å². The zero-order valence-corrected chi connectivity index (χ0v) is 15.2. The lowest BCUT2D eigenvalue weighted by atomic mass is 10.0. The summed E-state index contributed by atoms with van der Waals surface area (Å²) in [6, 6.07) is 3.40. The molecule has 1 N–H and O–H groups in total. The van der Waals surface area contributed by atoms with Crippen molar-refractivity contribution in [1.82, 2.24) is 4.90 Å². The number of carboxylic acid groups (broad SMARTS) is 1. The molecule has 1 aromatic rings. The molecule has 1 amide bonds. The van der Waals surface area contributed by atoms with Crippen LogP contribution in [0.5, 0.6) is 5.75 Å². The largest absolute Gasteiger partial charge is 0.484 e. The number of halogens is 3. The van der Waals surface area contributed by atoms with Crippen molar-refractivity contribution in [3.63, 3.8) is 0 Å². The Morgan fingerprint density at radius 2 is 1.65 bits per heavy atom. The predicted octanol–water partition coefficient (Wildman–Crippen LogP) is 3.85. The van der Waals surface area contributed by atoms with Crippen LogP contribution >= 0.6 is 0 Å². The molecule has 0 bridgehead atoms. The average Bonchev–Trinajstić information content (AvgIpc) is 2.49. The van der Waals surface area contributed by atoms with Gasteiger partial charge in [-0.2, -0.15) is 13.2 Å². The third-order valence-corrected chi connectivity index (χ3v) is 3.78. The number of nitrogens with zero attached hydrogens (tertiary/aromatic N) is 1. The van der Waals surface area contributed by atoms with Crippen molar-refractivity contribution < 1.29 is 32.6 Å². The molecule has 0 heterocycles. The summed E-state index contributed by atoms with van der Waals surface area (Å²) in [4.78, 5) is 24.0. The van der Waals surface area contributed by atoms with Gasteiger partial charge in [-0.3, -0.25) is 9.59 Å². The zero-order valence-electron chi connectivity index (χ0n) is 15.2. The van der Waals surface area contributed by atoms with Gasteiger partial charge in [0.15, 0.2) is 6.61 Å². The summed E-state index contributed by atoms with van der Waals surface area (Å²) in [5, 5.41) is 8.57. The summed E-state index contributed by atoms with van der Waals surface area (Å²) >= 11 is 0. The van der Waals surface area contributed by atoms with Crippen LogP contribution < -0.4 is 4.74 Å². The molecule has 0 unspecified atom stereocenters. The second-order valence-corrected chi connectivity index (χ2v) is 6.31. The van der Waals surface area contributed by atoms with E-state index in [1.54, 1.807) is 33.0 Å². The van der Waals surface area contributed by atoms with Crippen molar-refractivity contribution in [2.45, 2.75) is 52.3 Å². The maximum Gasteiger partial charge on any atom is 0.422 e. The second-order valence-electron chi connectivity index (χ2n) is 6.31. The number of carbonyl (C=O) groups is 2. The summed E-state index contributed by atoms with van der Waals surface area (Å²) < 4.78 is 41.8. The lowest BCUT2D eigenvalue weighted by Gasteiger charge is -2.20. The van der Waals surface area contributed by atoms with Gasteiger partial charge in [-0.1, -0.05) is 12.1 Å². The highest BCUT2D eigenvalue weighted by Gasteiger charge is 2.29. The molecule has 0 spiro atoms. The van der Waals surface area contributed by atoms with E-state index in [1.165, 1.54) is 4.90 Å². The highest BCUT2D eigenvalue weighted by Crippen LogP contribution is 2.27. The van der Waals surface area contributed by atoms with Crippen molar-refractivity contribution in [2.24, 2.45) is 0 Å². The Labute approximate surface area is 150 Å². The van der Waals surface area contributed by atoms with Crippen LogP contribution in [0.3, 0.4) is 0 Å². The van der Waals surface area contributed by atoms with Crippen LogP contribution in [-0.2, 0) is 16.1 Å². The first-order chi connectivity index (χ1) is 12.0. The van der Waals surface area contributed by atoms with Gasteiger partial charge in [0, 0.05) is 26.4 Å². The Hall–Kier alpha value is -2.25. The number of aryl methyl sites for hydroxylation is 2. The Kier molecular flexibility index (Phi) is 7.92. The molecule has 0 atom stereocenters. The van der Waals surface area contributed by atoms with Gasteiger partial charge in [-0.25, -0.2) is 0 Å². The minimum Gasteiger partial charge on any atom is -0.484 e. The van der Waals surface area contributed by atoms with Gasteiger partial charge in [-0.05, 0) is 43.4 Å². The molecular formula is C18H24F3NO4. The normalized spacial score (nSPS) is 11.3. The maximum atomic E-state index is 12.3. The third-order valence-electron chi connectivity index (χ3n) is 3.78. The number of hydrogen-bond donors (Lipinski definition) is 1. The van der Waals surface area contributed by atoms with Gasteiger partial charge in [0.1, 0.15) is 5.75 Å². The predicted molar refractivity (Wildman–Crippen MR) is 90.0 cm³/mol. The van der Waals surface area contributed by atoms with Crippen molar-refractivity contribution in [1.29, 1.82) is 0 Å². The first-order valence-electron chi connectivity index (χ1n) is 8.25. The molecule has 8 heteroatoms. The Bertz CT molecular complexity index is 621. The van der Waals surface area contributed by atoms with Gasteiger partial charge in [0.25, 0.3) is 0 Å². The summed E-state index contributed by atoms with van der Waals surface area (Å²) in [5.74, 6) is -0.790. The highest BCUT2D eigenvalue weighted by molar-refractivity contribution is 5.76. The van der Waals surface area contributed by atoms with E-state index < -0.39 is 18.8 Å². The SMILES string of the molecule is Cc1cc(CN(C)C(=O)CCCCC(=O)O)cc(C)c1OCC(F)(F)F. The fourth-order valence-corrected chi connectivity index (χ4v) is 2.62. The van der Waals surface area contributed by atoms with Crippen LogP contribution in [-0.4, -0.2) is 41.7 Å². The van der Waals surface area contributed by atoms with Gasteiger partial charge in [-0.15, -0.1) is 0 Å². The molecule has 5 nitrogen and oxygen atoms in total. The Morgan fingerprint density at radius 3 is 2.15 bits per heavy atom. The zero-order chi connectivity index (χ0) is 19.9. The van der Waals surface area contributed by atoms with Gasteiger partial charge >= 0.3 is 12.1 Å². The van der Waals surface area contributed by atoms with E-state index in [1.807, 2.05) is 0 Å². The number of hydrogen-bond acceptors (Lipinski definition) is 3. The average molecular weight is 375 g/mol. The lowest BCUT2D eigenvalue weighted by Crippen LogP contribution is -2.26. The lowest BCUT2D eigenvalue weighted by molar-refractivity contribution is -0.153. The Morgan fingerprint density at radius 1 is 1.12 bits per heavy atom. The van der Waals surface area contributed by atoms with E-state index in [-0.39, 0.29) is 24.5 Å². The van der Waals surface area contributed by atoms with Crippen LogP contribution in [0.15, 0.2) is 12.1 Å². The fraction of sp³-hybridized carbons (Fsp3) is 0.556. The summed E-state index contributed by atoms with van der Waals surface area (Å²) in [6.07, 6.45) is -3.16. The van der Waals surface area contributed by atoms with Crippen LogP contribution in [0, 0.1) is 13.8 Å². The van der Waals surface area contributed by atoms with Crippen LogP contribution in [0.25, 0.3) is 0 Å². The van der Waals surface area contributed by atoms with E-state index >= 15 is 0 Å². The van der Waals surface area contributed by atoms with E-state index in [2.05, 4.69) is 0 Å². The summed E-state index contributed by atoms with van der Waals surface area (Å²) in [6.45, 7) is 2.30. The fourth-order valence-electron chi connectivity index (χ4n) is 2.62. The first kappa shape index (κ1) is 21.8. The molecule has 0 aliphatic heterocycles. The second kappa shape index (κ2) is 9.45. The third kappa shape index (κ3) is 7.76. The summed E-state index contributed by atoms with van der Waals surface area (Å²) in [5.41, 5.74) is 1.94. The number of amides is 1. The topological polar surface area (TPSA) is 66.8 Å². The van der Waals surface area contributed by atoms with Crippen LogP contribution in [0.4, 0.5) is 13.2 Å². The molecule has 0 saturated carbocycles. The van der Waals surface area contributed by atoms with Crippen LogP contribution in [0.2, 0.25) is 0 Å². The van der Waals surface area contributed by atoms with Crippen molar-refractivity contribution in [3.05, 3.63) is 28.8 Å². The standard InChI is InChI=1S/C18H24F3NO4/c1-12-8-14(9-13(2)17(12)26-11-18(19,20)21)10-22(3)15(23)6-4-5-7-16(24)25/h8-9H,4-7,10-11H2,1-3H3,(H,24,25). The molecule has 0 aliphatic rings. The van der Waals surface area contributed by atoms with Gasteiger partial charge in [0.05, 0.1) is 0 Å². The Balaban J connectivity index is 2.64. The molecule has 0 fully saturated rings. The van der Waals surface area contributed by atoms with Crippen molar-refractivity contribution in [2.75, 3.05) is 13.7 Å². The number of alkyl halides is 3. The smallest absolute Gasteiger partial charge is 0.422 e. The molecule has 0 aromatic heterocycles. The number of ether oxygens (including phenoxy) is 1. The molecule has 0 radical (unpaired) electrons. The molecule has 0 aliphatic carbocycles. The van der Waals surface area contributed by atoms with Crippen LogP contribution in [0.1, 0.15) is 42.4 Å². The maximum absolute atomic E-state index is 12.3. The van der Waals surface area contributed by atoms with Crippen molar-refractivity contribution in [3.8, 4) is 5.75 Å². The monoisotopic (exact) mass is 375 g/mol. The molecule has 146 valence electrons. The minimum atomic E-state index is -4.40. The number of aliphatic carboxylic acids is 1. The van der Waals surface area contributed by atoms with E-state index in [0.29, 0.717) is 30.5 Å². The van der Waals surface area contributed by atoms with E-state index in [4.69, 9.17) is 9.84 Å². The number of benzene rings is 1. The number of rotatable bonds is 9. The number of carbonyl (C=O) groups excluding carboxylic acids is 1. The summed E-state index contributed by atoms with van der Waals surface area (Å²) in [7, 11) is 1.64.